The summed E-state index contributed by atoms with van der Waals surface area (Å²) in [5.74, 6) is 2.38. The van der Waals surface area contributed by atoms with E-state index in [0.29, 0.717) is 6.04 Å². The maximum Gasteiger partial charge on any atom is 0.133 e. The summed E-state index contributed by atoms with van der Waals surface area (Å²) in [6.07, 6.45) is 0. The molecule has 0 atom stereocenters. The topological polar surface area (TPSA) is 30.5 Å². The van der Waals surface area contributed by atoms with Gasteiger partial charge in [-0.25, -0.2) is 0 Å². The number of hydrogen-bond donors (Lipinski definition) is 1. The van der Waals surface area contributed by atoms with Crippen LogP contribution in [0.1, 0.15) is 19.4 Å². The van der Waals surface area contributed by atoms with Crippen molar-refractivity contribution >= 4 is 15.9 Å². The highest BCUT2D eigenvalue weighted by molar-refractivity contribution is 9.10. The third-order valence-electron chi connectivity index (χ3n) is 3.00. The first-order chi connectivity index (χ1) is 10.1. The summed E-state index contributed by atoms with van der Waals surface area (Å²) in [5, 5.41) is 3.41. The molecule has 2 rings (SSSR count). The van der Waals surface area contributed by atoms with E-state index < -0.39 is 0 Å². The predicted molar refractivity (Wildman–Crippen MR) is 89.2 cm³/mol. The zero-order chi connectivity index (χ0) is 15.2. The second-order valence-electron chi connectivity index (χ2n) is 5.07. The Bertz CT molecular complexity index is 599. The summed E-state index contributed by atoms with van der Waals surface area (Å²) in [5.41, 5.74) is 1.12. The quantitative estimate of drug-likeness (QED) is 0.816. The molecule has 0 amide bonds. The Morgan fingerprint density at radius 3 is 2.57 bits per heavy atom. The van der Waals surface area contributed by atoms with Gasteiger partial charge in [0.2, 0.25) is 0 Å². The molecule has 3 nitrogen and oxygen atoms in total. The van der Waals surface area contributed by atoms with E-state index >= 15 is 0 Å². The van der Waals surface area contributed by atoms with Crippen LogP contribution in [0.2, 0.25) is 0 Å². The van der Waals surface area contributed by atoms with Crippen molar-refractivity contribution in [1.29, 1.82) is 0 Å². The van der Waals surface area contributed by atoms with Gasteiger partial charge in [-0.05, 0) is 24.3 Å². The minimum absolute atomic E-state index is 0.429. The van der Waals surface area contributed by atoms with Crippen LogP contribution in [0.15, 0.2) is 46.9 Å². The van der Waals surface area contributed by atoms with Crippen LogP contribution in [0.5, 0.6) is 17.2 Å². The van der Waals surface area contributed by atoms with E-state index in [0.717, 1.165) is 33.8 Å². The largest absolute Gasteiger partial charge is 0.497 e. The molecule has 0 radical (unpaired) electrons. The van der Waals surface area contributed by atoms with E-state index in [-0.39, 0.29) is 0 Å². The Kier molecular flexibility index (Phi) is 5.65. The number of methoxy groups -OCH3 is 1. The van der Waals surface area contributed by atoms with Gasteiger partial charge in [0, 0.05) is 28.7 Å². The smallest absolute Gasteiger partial charge is 0.133 e. The molecule has 0 aliphatic heterocycles. The lowest BCUT2D eigenvalue weighted by atomic mass is 10.2. The van der Waals surface area contributed by atoms with Gasteiger partial charge in [0.05, 0.1) is 7.11 Å². The molecular weight excluding hydrogens is 330 g/mol. The second-order valence-corrected chi connectivity index (χ2v) is 5.98. The first kappa shape index (κ1) is 15.9. The number of rotatable bonds is 6. The van der Waals surface area contributed by atoms with Crippen LogP contribution in [0.25, 0.3) is 0 Å². The van der Waals surface area contributed by atoms with Crippen molar-refractivity contribution in [2.45, 2.75) is 26.4 Å². The molecule has 21 heavy (non-hydrogen) atoms. The number of halogens is 1. The minimum Gasteiger partial charge on any atom is -0.497 e. The molecule has 0 saturated heterocycles. The Morgan fingerprint density at radius 2 is 1.86 bits per heavy atom. The third-order valence-corrected chi connectivity index (χ3v) is 3.49. The molecule has 0 unspecified atom stereocenters. The predicted octanol–water partition coefficient (Wildman–Crippen LogP) is 4.75. The van der Waals surface area contributed by atoms with Crippen molar-refractivity contribution in [1.82, 2.24) is 5.32 Å². The average Bonchev–Trinajstić information content (AvgIpc) is 2.46. The summed E-state index contributed by atoms with van der Waals surface area (Å²) < 4.78 is 12.2. The van der Waals surface area contributed by atoms with Crippen LogP contribution < -0.4 is 14.8 Å². The van der Waals surface area contributed by atoms with Gasteiger partial charge in [-0.2, -0.15) is 0 Å². The molecule has 0 fully saturated rings. The van der Waals surface area contributed by atoms with Gasteiger partial charge in [0.15, 0.2) is 0 Å². The highest BCUT2D eigenvalue weighted by Crippen LogP contribution is 2.30. The van der Waals surface area contributed by atoms with E-state index in [9.17, 15) is 0 Å². The summed E-state index contributed by atoms with van der Waals surface area (Å²) in [4.78, 5) is 0. The lowest BCUT2D eigenvalue weighted by Crippen LogP contribution is -2.22. The van der Waals surface area contributed by atoms with E-state index in [4.69, 9.17) is 9.47 Å². The minimum atomic E-state index is 0.429. The molecule has 0 spiro atoms. The van der Waals surface area contributed by atoms with Crippen LogP contribution in [-0.2, 0) is 6.54 Å². The van der Waals surface area contributed by atoms with Gasteiger partial charge in [-0.1, -0.05) is 41.9 Å². The van der Waals surface area contributed by atoms with Crippen molar-refractivity contribution in [3.05, 3.63) is 52.5 Å². The van der Waals surface area contributed by atoms with Gasteiger partial charge in [-0.3, -0.25) is 0 Å². The lowest BCUT2D eigenvalue weighted by molar-refractivity contribution is 0.408. The molecule has 112 valence electrons. The third kappa shape index (κ3) is 4.76. The summed E-state index contributed by atoms with van der Waals surface area (Å²) >= 11 is 3.49. The summed E-state index contributed by atoms with van der Waals surface area (Å²) in [6, 6.07) is 14.1. The number of hydrogen-bond acceptors (Lipinski definition) is 3. The molecule has 0 saturated carbocycles. The Labute approximate surface area is 134 Å². The molecule has 2 aromatic rings. The van der Waals surface area contributed by atoms with Gasteiger partial charge >= 0.3 is 0 Å². The SMILES string of the molecule is COc1cccc(Oc2cc(Br)ccc2CNC(C)C)c1. The van der Waals surface area contributed by atoms with Crippen LogP contribution in [0.3, 0.4) is 0 Å². The van der Waals surface area contributed by atoms with Gasteiger partial charge in [-0.15, -0.1) is 0 Å². The van der Waals surface area contributed by atoms with Gasteiger partial charge in [0.25, 0.3) is 0 Å². The molecule has 4 heteroatoms. The van der Waals surface area contributed by atoms with Gasteiger partial charge in [0.1, 0.15) is 17.2 Å². The maximum atomic E-state index is 6.02. The monoisotopic (exact) mass is 349 g/mol. The first-order valence-corrected chi connectivity index (χ1v) is 7.71. The van der Waals surface area contributed by atoms with Crippen molar-refractivity contribution in [2.24, 2.45) is 0 Å². The highest BCUT2D eigenvalue weighted by Gasteiger charge is 2.07. The van der Waals surface area contributed by atoms with E-state index in [1.54, 1.807) is 7.11 Å². The highest BCUT2D eigenvalue weighted by atomic mass is 79.9. The molecule has 0 bridgehead atoms. The Morgan fingerprint density at radius 1 is 1.10 bits per heavy atom. The fraction of sp³-hybridized carbons (Fsp3) is 0.294. The first-order valence-electron chi connectivity index (χ1n) is 6.92. The van der Waals surface area contributed by atoms with Crippen LogP contribution in [-0.4, -0.2) is 13.2 Å². The standard InChI is InChI=1S/C17H20BrNO2/c1-12(2)19-11-13-7-8-14(18)9-17(13)21-16-6-4-5-15(10-16)20-3/h4-10,12,19H,11H2,1-3H3. The summed E-state index contributed by atoms with van der Waals surface area (Å²) in [7, 11) is 1.65. The van der Waals surface area contributed by atoms with Crippen molar-refractivity contribution < 1.29 is 9.47 Å². The zero-order valence-corrected chi connectivity index (χ0v) is 14.1. The summed E-state index contributed by atoms with van der Waals surface area (Å²) in [6.45, 7) is 5.02. The fourth-order valence-corrected chi connectivity index (χ4v) is 2.22. The number of benzene rings is 2. The molecule has 1 N–H and O–H groups in total. The van der Waals surface area contributed by atoms with Crippen LogP contribution in [0, 0.1) is 0 Å². The maximum absolute atomic E-state index is 6.02. The van der Waals surface area contributed by atoms with Gasteiger partial charge < -0.3 is 14.8 Å². The molecule has 0 aliphatic carbocycles. The molecular formula is C17H20BrNO2. The molecule has 0 aliphatic rings. The van der Waals surface area contributed by atoms with E-state index in [1.165, 1.54) is 0 Å². The normalized spacial score (nSPS) is 10.7. The van der Waals surface area contributed by atoms with Crippen LogP contribution in [0.4, 0.5) is 0 Å². The zero-order valence-electron chi connectivity index (χ0n) is 12.5. The van der Waals surface area contributed by atoms with Crippen molar-refractivity contribution in [2.75, 3.05) is 7.11 Å². The van der Waals surface area contributed by atoms with Crippen molar-refractivity contribution in [3.8, 4) is 17.2 Å². The number of nitrogens with one attached hydrogen (secondary N) is 1. The second kappa shape index (κ2) is 7.48. The fourth-order valence-electron chi connectivity index (χ4n) is 1.88. The Balaban J connectivity index is 2.22. The molecule has 2 aromatic carbocycles. The van der Waals surface area contributed by atoms with E-state index in [1.807, 2.05) is 36.4 Å². The van der Waals surface area contributed by atoms with E-state index in [2.05, 4.69) is 41.2 Å². The average molecular weight is 350 g/mol. The van der Waals surface area contributed by atoms with Crippen molar-refractivity contribution in [3.63, 3.8) is 0 Å². The Hall–Kier alpha value is -1.52. The molecule has 0 aromatic heterocycles. The number of ether oxygens (including phenoxy) is 2. The molecule has 0 heterocycles. The van der Waals surface area contributed by atoms with Crippen LogP contribution >= 0.6 is 15.9 Å². The lowest BCUT2D eigenvalue weighted by Gasteiger charge is -2.14.